The van der Waals surface area contributed by atoms with Crippen molar-refractivity contribution in [1.29, 1.82) is 0 Å². The highest BCUT2D eigenvalue weighted by Crippen LogP contribution is 2.26. The summed E-state index contributed by atoms with van der Waals surface area (Å²) in [5, 5.41) is 6.04. The van der Waals surface area contributed by atoms with Gasteiger partial charge >= 0.3 is 0 Å². The lowest BCUT2D eigenvalue weighted by Crippen LogP contribution is -2.36. The van der Waals surface area contributed by atoms with Gasteiger partial charge in [-0.2, -0.15) is 0 Å². The lowest BCUT2D eigenvalue weighted by molar-refractivity contribution is -0.134. The summed E-state index contributed by atoms with van der Waals surface area (Å²) in [4.78, 5) is 64.4. The topological polar surface area (TPSA) is 125 Å². The van der Waals surface area contributed by atoms with Crippen LogP contribution in [-0.4, -0.2) is 81.6 Å². The molecule has 0 fully saturated rings. The molecule has 0 saturated heterocycles. The van der Waals surface area contributed by atoms with Crippen LogP contribution >= 0.6 is 0 Å². The number of nitrogens with one attached hydrogen (secondary N) is 2. The molecular weight excluding hydrogens is 560 g/mol. The van der Waals surface area contributed by atoms with Crippen LogP contribution < -0.4 is 15.5 Å². The maximum Gasteiger partial charge on any atom is 0.236 e. The first kappa shape index (κ1) is 38.5. The fourth-order valence-electron chi connectivity index (χ4n) is 4.83. The van der Waals surface area contributed by atoms with E-state index in [1.807, 2.05) is 14.0 Å². The van der Waals surface area contributed by atoms with Gasteiger partial charge in [0.1, 0.15) is 12.2 Å². The molecule has 0 radical (unpaired) electrons. The van der Waals surface area contributed by atoms with Gasteiger partial charge in [0.15, 0.2) is 5.78 Å². The molecule has 1 aliphatic carbocycles. The number of allylic oxidation sites excluding steroid dienone is 2. The predicted molar refractivity (Wildman–Crippen MR) is 174 cm³/mol. The van der Waals surface area contributed by atoms with E-state index in [1.165, 1.54) is 9.80 Å². The minimum Gasteiger partial charge on any atom is -0.391 e. The molecule has 2 rings (SSSR count). The van der Waals surface area contributed by atoms with Gasteiger partial charge in [0.05, 0.1) is 6.61 Å². The van der Waals surface area contributed by atoms with E-state index in [4.69, 9.17) is 4.74 Å². The summed E-state index contributed by atoms with van der Waals surface area (Å²) in [5.74, 6) is -0.400. The molecule has 44 heavy (non-hydrogen) atoms. The van der Waals surface area contributed by atoms with Crippen LogP contribution in [0, 0.1) is 5.92 Å². The molecule has 1 aromatic rings. The molecule has 10 heteroatoms. The number of nitrogens with zero attached hydrogens (tertiary/aromatic N) is 2. The van der Waals surface area contributed by atoms with Crippen LogP contribution in [0.1, 0.15) is 95.8 Å². The number of Topliss-reactive ketones (excluding diaryl/α,β-unsaturated/α-hetero) is 2. The Morgan fingerprint density at radius 2 is 1.61 bits per heavy atom. The Balaban J connectivity index is 0.00000968. The Labute approximate surface area is 264 Å². The summed E-state index contributed by atoms with van der Waals surface area (Å²) < 4.78 is 5.57. The Kier molecular flexibility index (Phi) is 17.9. The van der Waals surface area contributed by atoms with Gasteiger partial charge in [-0.3, -0.25) is 24.0 Å². The summed E-state index contributed by atoms with van der Waals surface area (Å²) in [6, 6.07) is 6.91. The number of likely N-dealkylation sites (N-methyl/N-ethyl adjacent to an activating group) is 1. The van der Waals surface area contributed by atoms with E-state index < -0.39 is 0 Å². The highest BCUT2D eigenvalue weighted by molar-refractivity contribution is 6.10. The van der Waals surface area contributed by atoms with E-state index in [1.54, 1.807) is 45.3 Å². The number of hydrogen-bond acceptors (Lipinski definition) is 7. The largest absolute Gasteiger partial charge is 0.391 e. The van der Waals surface area contributed by atoms with Crippen LogP contribution in [-0.2, 0) is 23.9 Å². The molecule has 1 aliphatic rings. The van der Waals surface area contributed by atoms with Crippen molar-refractivity contribution in [2.24, 2.45) is 5.92 Å². The second-order valence-corrected chi connectivity index (χ2v) is 11.3. The van der Waals surface area contributed by atoms with Crippen molar-refractivity contribution in [2.75, 3.05) is 52.3 Å². The second-order valence-electron chi connectivity index (χ2n) is 11.3. The molecule has 1 unspecified atom stereocenters. The zero-order valence-corrected chi connectivity index (χ0v) is 26.6. The summed E-state index contributed by atoms with van der Waals surface area (Å²) in [6.07, 6.45) is 6.98. The Bertz CT molecular complexity index is 1130. The number of amides is 3. The third-order valence-corrected chi connectivity index (χ3v) is 8.01. The number of benzene rings is 1. The highest BCUT2D eigenvalue weighted by Gasteiger charge is 2.21. The fraction of sp³-hybridized carbons (Fsp3) is 0.618. The van der Waals surface area contributed by atoms with Gasteiger partial charge in [0, 0.05) is 75.7 Å². The van der Waals surface area contributed by atoms with Crippen molar-refractivity contribution in [3.63, 3.8) is 0 Å². The normalized spacial score (nSPS) is 13.4. The molecule has 0 spiro atoms. The lowest BCUT2D eigenvalue weighted by atomic mass is 9.90. The van der Waals surface area contributed by atoms with Crippen molar-refractivity contribution >= 4 is 35.0 Å². The minimum atomic E-state index is -0.344. The lowest BCUT2D eigenvalue weighted by Gasteiger charge is -2.21. The molecular formula is C34H54N4O6. The Morgan fingerprint density at radius 1 is 0.932 bits per heavy atom. The number of carbonyl (C=O) groups excluding carboxylic acids is 5. The van der Waals surface area contributed by atoms with Crippen LogP contribution in [0.5, 0.6) is 0 Å². The van der Waals surface area contributed by atoms with Crippen LogP contribution in [0.2, 0.25) is 0 Å². The third-order valence-electron chi connectivity index (χ3n) is 8.01. The maximum atomic E-state index is 13.0. The van der Waals surface area contributed by atoms with Crippen molar-refractivity contribution < 1.29 is 28.7 Å². The predicted octanol–water partition coefficient (Wildman–Crippen LogP) is 4.67. The number of rotatable bonds is 19. The number of hydrogen-bond donors (Lipinski definition) is 2. The fourth-order valence-corrected chi connectivity index (χ4v) is 4.83. The molecule has 10 nitrogen and oxygen atoms in total. The minimum absolute atomic E-state index is 0. The molecule has 1 atom stereocenters. The molecule has 0 aliphatic heterocycles. The first-order valence-electron chi connectivity index (χ1n) is 15.4. The monoisotopic (exact) mass is 614 g/mol. The number of unbranched alkanes of at least 4 members (excludes halogenated alkanes) is 1. The van der Waals surface area contributed by atoms with Crippen molar-refractivity contribution in [3.8, 4) is 0 Å². The first-order chi connectivity index (χ1) is 20.5. The van der Waals surface area contributed by atoms with Gasteiger partial charge in [-0.15, -0.1) is 0 Å². The van der Waals surface area contributed by atoms with Gasteiger partial charge in [-0.1, -0.05) is 20.8 Å². The number of ketones is 2. The Hall–Kier alpha value is -3.53. The quantitative estimate of drug-likeness (QED) is 0.132. The summed E-state index contributed by atoms with van der Waals surface area (Å²) in [7, 11) is 5.09. The van der Waals surface area contributed by atoms with E-state index in [2.05, 4.69) is 10.6 Å². The highest BCUT2D eigenvalue weighted by atomic mass is 16.5. The SMILES string of the molecule is C.CNC1=C(C(=O)c2ccc(N(C)C(=O)CC(=O)N(C)CCOCCCC(=O)NCCCCC(C)C(C)=O)cc2)CCCC1. The van der Waals surface area contributed by atoms with Gasteiger partial charge in [0.2, 0.25) is 17.7 Å². The molecule has 0 saturated carbocycles. The van der Waals surface area contributed by atoms with Gasteiger partial charge < -0.3 is 25.2 Å². The van der Waals surface area contributed by atoms with E-state index in [0.717, 1.165) is 56.2 Å². The van der Waals surface area contributed by atoms with Crippen molar-refractivity contribution in [3.05, 3.63) is 41.1 Å². The number of carbonyl (C=O) groups is 5. The first-order valence-corrected chi connectivity index (χ1v) is 15.4. The van der Waals surface area contributed by atoms with Crippen LogP contribution in [0.15, 0.2) is 35.5 Å². The van der Waals surface area contributed by atoms with Gasteiger partial charge in [0.25, 0.3) is 0 Å². The van der Waals surface area contributed by atoms with Crippen LogP contribution in [0.25, 0.3) is 0 Å². The smallest absolute Gasteiger partial charge is 0.236 e. The van der Waals surface area contributed by atoms with E-state index in [9.17, 15) is 24.0 Å². The second kappa shape index (κ2) is 20.4. The van der Waals surface area contributed by atoms with Crippen LogP contribution in [0.4, 0.5) is 5.69 Å². The van der Waals surface area contributed by atoms with Crippen molar-refractivity contribution in [1.82, 2.24) is 15.5 Å². The standard InChI is InChI=1S/C33H50N4O6.CH4/c1-24(25(2)38)11-8-9-19-35-30(39)14-10-21-43-22-20-36(4)31(40)23-32(41)37(5)27-17-15-26(16-18-27)33(42)28-12-6-7-13-29(28)34-3;/h15-18,24,34H,6-14,19-23H2,1-5H3,(H,35,39);1H4. The van der Waals surface area contributed by atoms with Crippen molar-refractivity contribution in [2.45, 2.75) is 85.5 Å². The molecule has 0 heterocycles. The summed E-state index contributed by atoms with van der Waals surface area (Å²) in [5.41, 5.74) is 3.02. The van der Waals surface area contributed by atoms with Gasteiger partial charge in [-0.05, 0) is 76.1 Å². The summed E-state index contributed by atoms with van der Waals surface area (Å²) >= 11 is 0. The van der Waals surface area contributed by atoms with Crippen LogP contribution in [0.3, 0.4) is 0 Å². The molecule has 3 amide bonds. The molecule has 0 bridgehead atoms. The number of ether oxygens (including phenoxy) is 1. The summed E-state index contributed by atoms with van der Waals surface area (Å²) in [6.45, 7) is 5.18. The maximum absolute atomic E-state index is 13.0. The third kappa shape index (κ3) is 13.0. The van der Waals surface area contributed by atoms with E-state index in [0.29, 0.717) is 50.4 Å². The zero-order valence-electron chi connectivity index (χ0n) is 26.6. The van der Waals surface area contributed by atoms with Gasteiger partial charge in [-0.25, -0.2) is 0 Å². The average Bonchev–Trinajstić information content (AvgIpc) is 3.01. The van der Waals surface area contributed by atoms with E-state index in [-0.39, 0.29) is 49.1 Å². The van der Waals surface area contributed by atoms with E-state index >= 15 is 0 Å². The molecule has 0 aromatic heterocycles. The molecule has 246 valence electrons. The zero-order chi connectivity index (χ0) is 31.8. The Morgan fingerprint density at radius 3 is 2.27 bits per heavy atom. The average molecular weight is 615 g/mol. The molecule has 2 N–H and O–H groups in total. The molecule has 1 aromatic carbocycles. The number of anilines is 1.